The van der Waals surface area contributed by atoms with E-state index in [9.17, 15) is 21.6 Å². The first-order chi connectivity index (χ1) is 14.6. The summed E-state index contributed by atoms with van der Waals surface area (Å²) >= 11 is 0. The van der Waals surface area contributed by atoms with E-state index in [0.717, 1.165) is 22.3 Å². The third-order valence-electron chi connectivity index (χ3n) is 5.40. The van der Waals surface area contributed by atoms with E-state index in [2.05, 4.69) is 5.32 Å². The third-order valence-corrected chi connectivity index (χ3v) is 6.82. The second-order valence-corrected chi connectivity index (χ2v) is 10.0. The Labute approximate surface area is 183 Å². The number of anilines is 1. The Hall–Kier alpha value is -2.51. The molecule has 0 aliphatic heterocycles. The Balaban J connectivity index is 1.65. The summed E-state index contributed by atoms with van der Waals surface area (Å²) < 4.78 is 63.2. The smallest absolute Gasteiger partial charge is 0.384 e. The second-order valence-electron chi connectivity index (χ2n) is 7.47. The van der Waals surface area contributed by atoms with E-state index in [0.29, 0.717) is 24.1 Å². The average molecular weight is 466 g/mol. The van der Waals surface area contributed by atoms with E-state index < -0.39 is 21.6 Å². The summed E-state index contributed by atoms with van der Waals surface area (Å²) in [4.78, 5) is 0.0136. The van der Waals surface area contributed by atoms with Crippen molar-refractivity contribution in [3.05, 3.63) is 82.9 Å². The molecule has 8 heteroatoms. The summed E-state index contributed by atoms with van der Waals surface area (Å²) in [5.74, 6) is 0. The van der Waals surface area contributed by atoms with Gasteiger partial charge in [0.15, 0.2) is 0 Å². The van der Waals surface area contributed by atoms with Crippen molar-refractivity contribution in [1.82, 2.24) is 0 Å². The molecule has 0 saturated carbocycles. The van der Waals surface area contributed by atoms with Gasteiger partial charge < -0.3 is 5.32 Å². The molecule has 1 aliphatic rings. The van der Waals surface area contributed by atoms with E-state index in [1.807, 2.05) is 24.3 Å². The highest BCUT2D eigenvalue weighted by molar-refractivity contribution is 8.13. The normalized spacial score (nSPS) is 13.0. The summed E-state index contributed by atoms with van der Waals surface area (Å²) in [5.41, 5.74) is 5.02. The Bertz CT molecular complexity index is 1240. The zero-order valence-corrected chi connectivity index (χ0v) is 17.9. The lowest BCUT2D eigenvalue weighted by molar-refractivity contribution is -0.127. The molecule has 0 heterocycles. The number of alkyl halides is 3. The molecular formula is C23H19ClF3NO2S. The summed E-state index contributed by atoms with van der Waals surface area (Å²) in [5, 5.41) is 3.16. The van der Waals surface area contributed by atoms with Crippen LogP contribution in [0.4, 0.5) is 18.9 Å². The third kappa shape index (κ3) is 4.72. The van der Waals surface area contributed by atoms with Crippen LogP contribution in [0.1, 0.15) is 22.3 Å². The highest BCUT2D eigenvalue weighted by atomic mass is 35.7. The van der Waals surface area contributed by atoms with Gasteiger partial charge in [0.2, 0.25) is 0 Å². The fourth-order valence-corrected chi connectivity index (χ4v) is 5.29. The minimum atomic E-state index is -4.34. The van der Waals surface area contributed by atoms with Gasteiger partial charge in [0.05, 0.1) is 11.3 Å². The lowest BCUT2D eigenvalue weighted by Gasteiger charge is -2.18. The average Bonchev–Trinajstić information content (AvgIpc) is 3.07. The van der Waals surface area contributed by atoms with Crippen LogP contribution in [-0.4, -0.2) is 21.1 Å². The molecule has 0 fully saturated rings. The quantitative estimate of drug-likeness (QED) is 0.358. The lowest BCUT2D eigenvalue weighted by Crippen LogP contribution is -2.16. The Kier molecular flexibility index (Phi) is 5.75. The standard InChI is InChI=1S/C23H19ClF3NO2S/c24-31(29,30)21-8-4-2-5-15(21)11-12-28-22-17(14-23(25,26)27)9-10-19-18-7-3-1-6-16(18)13-20(19)22/h1-10,28H,11-14H2. The second kappa shape index (κ2) is 8.20. The van der Waals surface area contributed by atoms with Crippen LogP contribution in [0.2, 0.25) is 0 Å². The number of nitrogens with one attached hydrogen (secondary N) is 1. The molecule has 0 atom stereocenters. The van der Waals surface area contributed by atoms with Crippen LogP contribution in [0.25, 0.3) is 11.1 Å². The molecule has 3 nitrogen and oxygen atoms in total. The van der Waals surface area contributed by atoms with E-state index in [1.165, 1.54) is 12.1 Å². The molecule has 3 aromatic rings. The number of fused-ring (bicyclic) bond motifs is 3. The first kappa shape index (κ1) is 21.7. The summed E-state index contributed by atoms with van der Waals surface area (Å²) in [7, 11) is 1.60. The van der Waals surface area contributed by atoms with Gasteiger partial charge in [0.25, 0.3) is 9.05 Å². The van der Waals surface area contributed by atoms with Crippen LogP contribution in [0.15, 0.2) is 65.6 Å². The van der Waals surface area contributed by atoms with E-state index >= 15 is 0 Å². The van der Waals surface area contributed by atoms with Crippen molar-refractivity contribution in [2.24, 2.45) is 0 Å². The molecular weight excluding hydrogens is 447 g/mol. The highest BCUT2D eigenvalue weighted by Gasteiger charge is 2.31. The largest absolute Gasteiger partial charge is 0.393 e. The van der Waals surface area contributed by atoms with Crippen molar-refractivity contribution in [2.45, 2.75) is 30.3 Å². The first-order valence-corrected chi connectivity index (χ1v) is 12.0. The van der Waals surface area contributed by atoms with Gasteiger partial charge in [0, 0.05) is 29.3 Å². The maximum absolute atomic E-state index is 13.2. The number of hydrogen-bond acceptors (Lipinski definition) is 3. The molecule has 0 bridgehead atoms. The monoisotopic (exact) mass is 465 g/mol. The fraction of sp³-hybridized carbons (Fsp3) is 0.217. The minimum Gasteiger partial charge on any atom is -0.384 e. The zero-order chi connectivity index (χ0) is 22.2. The van der Waals surface area contributed by atoms with Gasteiger partial charge in [-0.1, -0.05) is 54.6 Å². The Morgan fingerprint density at radius 1 is 0.903 bits per heavy atom. The predicted octanol–water partition coefficient (Wildman–Crippen LogP) is 5.94. The van der Waals surface area contributed by atoms with Gasteiger partial charge in [0.1, 0.15) is 0 Å². The molecule has 0 unspecified atom stereocenters. The number of benzene rings is 3. The van der Waals surface area contributed by atoms with Gasteiger partial charge >= 0.3 is 6.18 Å². The Morgan fingerprint density at radius 3 is 2.35 bits per heavy atom. The lowest BCUT2D eigenvalue weighted by atomic mass is 9.98. The molecule has 31 heavy (non-hydrogen) atoms. The van der Waals surface area contributed by atoms with Crippen molar-refractivity contribution in [3.8, 4) is 11.1 Å². The van der Waals surface area contributed by atoms with Crippen molar-refractivity contribution in [2.75, 3.05) is 11.9 Å². The molecule has 0 amide bonds. The number of hydrogen-bond donors (Lipinski definition) is 1. The summed E-state index contributed by atoms with van der Waals surface area (Å²) in [6, 6.07) is 17.4. The van der Waals surface area contributed by atoms with Crippen molar-refractivity contribution in [1.29, 1.82) is 0 Å². The first-order valence-electron chi connectivity index (χ1n) is 9.70. The summed E-state index contributed by atoms with van der Waals surface area (Å²) in [6.45, 7) is 0.265. The van der Waals surface area contributed by atoms with Crippen LogP contribution in [0, 0.1) is 0 Å². The summed E-state index contributed by atoms with van der Waals surface area (Å²) in [6.07, 6.45) is -4.53. The van der Waals surface area contributed by atoms with Crippen LogP contribution >= 0.6 is 10.7 Å². The van der Waals surface area contributed by atoms with Gasteiger partial charge in [-0.3, -0.25) is 0 Å². The van der Waals surface area contributed by atoms with E-state index in [-0.39, 0.29) is 17.0 Å². The van der Waals surface area contributed by atoms with E-state index in [4.69, 9.17) is 10.7 Å². The maximum Gasteiger partial charge on any atom is 0.393 e. The molecule has 4 rings (SSSR count). The number of rotatable bonds is 6. The number of halogens is 4. The van der Waals surface area contributed by atoms with Gasteiger partial charge in [-0.25, -0.2) is 8.42 Å². The molecule has 0 saturated heterocycles. The van der Waals surface area contributed by atoms with Crippen molar-refractivity contribution in [3.63, 3.8) is 0 Å². The van der Waals surface area contributed by atoms with Gasteiger partial charge in [-0.05, 0) is 45.9 Å². The van der Waals surface area contributed by atoms with Crippen LogP contribution in [-0.2, 0) is 28.3 Å². The van der Waals surface area contributed by atoms with Crippen LogP contribution in [0.3, 0.4) is 0 Å². The zero-order valence-electron chi connectivity index (χ0n) is 16.3. The van der Waals surface area contributed by atoms with E-state index in [1.54, 1.807) is 24.3 Å². The predicted molar refractivity (Wildman–Crippen MR) is 116 cm³/mol. The SMILES string of the molecule is O=S(=O)(Cl)c1ccccc1CCNc1c(CC(F)(F)F)ccc2c1Cc1ccccc1-2. The molecule has 0 aromatic heterocycles. The molecule has 1 N–H and O–H groups in total. The van der Waals surface area contributed by atoms with Crippen LogP contribution in [0.5, 0.6) is 0 Å². The minimum absolute atomic E-state index is 0.0136. The highest BCUT2D eigenvalue weighted by Crippen LogP contribution is 2.42. The maximum atomic E-state index is 13.2. The molecule has 0 radical (unpaired) electrons. The van der Waals surface area contributed by atoms with Crippen LogP contribution < -0.4 is 5.32 Å². The molecule has 162 valence electrons. The molecule has 0 spiro atoms. The van der Waals surface area contributed by atoms with Crippen molar-refractivity contribution >= 4 is 25.4 Å². The Morgan fingerprint density at radius 2 is 1.61 bits per heavy atom. The van der Waals surface area contributed by atoms with Gasteiger partial charge in [-0.15, -0.1) is 0 Å². The topological polar surface area (TPSA) is 46.2 Å². The fourth-order valence-electron chi connectivity index (χ4n) is 4.11. The molecule has 3 aromatic carbocycles. The molecule has 1 aliphatic carbocycles. The van der Waals surface area contributed by atoms with Gasteiger partial charge in [-0.2, -0.15) is 13.2 Å². The van der Waals surface area contributed by atoms with Crippen molar-refractivity contribution < 1.29 is 21.6 Å².